The summed E-state index contributed by atoms with van der Waals surface area (Å²) in [5.74, 6) is -0.843. The van der Waals surface area contributed by atoms with E-state index in [4.69, 9.17) is 4.74 Å². The molecule has 1 fully saturated rings. The average molecular weight is 486 g/mol. The van der Waals surface area contributed by atoms with Gasteiger partial charge in [-0.1, -0.05) is 51.1 Å². The van der Waals surface area contributed by atoms with Crippen molar-refractivity contribution in [2.75, 3.05) is 22.6 Å². The number of benzene rings is 3. The number of hydrogen-bond acceptors (Lipinski definition) is 4. The summed E-state index contributed by atoms with van der Waals surface area (Å²) in [7, 11) is 0. The molecular weight excluding hydrogens is 454 g/mol. The second-order valence-electron chi connectivity index (χ2n) is 9.85. The van der Waals surface area contributed by atoms with E-state index >= 15 is 0 Å². The van der Waals surface area contributed by atoms with Crippen molar-refractivity contribution in [2.24, 2.45) is 0 Å². The number of rotatable bonds is 6. The first-order valence-electron chi connectivity index (χ1n) is 12.1. The second kappa shape index (κ2) is 10.7. The highest BCUT2D eigenvalue weighted by Gasteiger charge is 2.23. The Morgan fingerprint density at radius 1 is 0.778 bits per heavy atom. The van der Waals surface area contributed by atoms with Crippen molar-refractivity contribution in [3.8, 4) is 0 Å². The van der Waals surface area contributed by atoms with Gasteiger partial charge >= 0.3 is 0 Å². The molecular formula is C29H31N3O4. The summed E-state index contributed by atoms with van der Waals surface area (Å²) < 4.78 is 5.42. The van der Waals surface area contributed by atoms with Crippen molar-refractivity contribution in [1.29, 1.82) is 0 Å². The summed E-state index contributed by atoms with van der Waals surface area (Å²) in [5, 5.41) is 8.55. The first kappa shape index (κ1) is 25.1. The second-order valence-corrected chi connectivity index (χ2v) is 9.85. The predicted octanol–water partition coefficient (Wildman–Crippen LogP) is 5.61. The van der Waals surface area contributed by atoms with E-state index in [1.165, 1.54) is 0 Å². The zero-order valence-corrected chi connectivity index (χ0v) is 20.8. The molecule has 1 atom stereocenters. The Balaban J connectivity index is 1.44. The normalized spacial score (nSPS) is 15.2. The number of nitrogens with one attached hydrogen (secondary N) is 3. The van der Waals surface area contributed by atoms with Crippen LogP contribution in [0.4, 0.5) is 17.1 Å². The van der Waals surface area contributed by atoms with Gasteiger partial charge in [-0.15, -0.1) is 0 Å². The number of amides is 3. The molecule has 1 aliphatic heterocycles. The third-order valence-corrected chi connectivity index (χ3v) is 6.05. The third-order valence-electron chi connectivity index (χ3n) is 6.05. The van der Waals surface area contributed by atoms with Gasteiger partial charge in [0.15, 0.2) is 0 Å². The van der Waals surface area contributed by atoms with Crippen LogP contribution >= 0.6 is 0 Å². The Morgan fingerprint density at radius 2 is 1.42 bits per heavy atom. The van der Waals surface area contributed by atoms with Crippen LogP contribution in [-0.2, 0) is 14.9 Å². The van der Waals surface area contributed by atoms with E-state index in [9.17, 15) is 14.4 Å². The number of carbonyl (C=O) groups excluding carboxylic acids is 3. The molecule has 1 heterocycles. The number of hydrogen-bond donors (Lipinski definition) is 3. The molecule has 0 aromatic heterocycles. The van der Waals surface area contributed by atoms with Gasteiger partial charge in [0, 0.05) is 23.4 Å². The van der Waals surface area contributed by atoms with Crippen molar-refractivity contribution in [3.05, 3.63) is 89.5 Å². The van der Waals surface area contributed by atoms with Crippen molar-refractivity contribution >= 4 is 34.8 Å². The maximum Gasteiger partial charge on any atom is 0.255 e. The molecule has 186 valence electrons. The highest BCUT2D eigenvalue weighted by Crippen LogP contribution is 2.25. The van der Waals surface area contributed by atoms with E-state index in [-0.39, 0.29) is 23.1 Å². The van der Waals surface area contributed by atoms with Crippen LogP contribution in [0, 0.1) is 0 Å². The average Bonchev–Trinajstić information content (AvgIpc) is 3.40. The van der Waals surface area contributed by atoms with Gasteiger partial charge in [0.1, 0.15) is 6.10 Å². The Hall–Kier alpha value is -3.97. The molecule has 0 aliphatic carbocycles. The topological polar surface area (TPSA) is 96.5 Å². The van der Waals surface area contributed by atoms with Gasteiger partial charge in [0.25, 0.3) is 17.7 Å². The fraction of sp³-hybridized carbons (Fsp3) is 0.276. The minimum atomic E-state index is -0.456. The van der Waals surface area contributed by atoms with E-state index in [0.717, 1.165) is 12.0 Å². The number of ether oxygens (including phenoxy) is 1. The molecule has 3 N–H and O–H groups in total. The number of anilines is 3. The highest BCUT2D eigenvalue weighted by molar-refractivity contribution is 6.10. The lowest BCUT2D eigenvalue weighted by atomic mass is 9.87. The quantitative estimate of drug-likeness (QED) is 0.423. The molecule has 3 amide bonds. The summed E-state index contributed by atoms with van der Waals surface area (Å²) in [6.07, 6.45) is 1.09. The van der Waals surface area contributed by atoms with Crippen LogP contribution in [0.25, 0.3) is 0 Å². The summed E-state index contributed by atoms with van der Waals surface area (Å²) in [4.78, 5) is 38.2. The first-order chi connectivity index (χ1) is 17.2. The lowest BCUT2D eigenvalue weighted by Crippen LogP contribution is -2.27. The van der Waals surface area contributed by atoms with Crippen LogP contribution in [0.5, 0.6) is 0 Å². The van der Waals surface area contributed by atoms with Gasteiger partial charge in [0.2, 0.25) is 0 Å². The monoisotopic (exact) mass is 485 g/mol. The first-order valence-corrected chi connectivity index (χ1v) is 12.1. The van der Waals surface area contributed by atoms with Crippen LogP contribution in [0.15, 0.2) is 72.8 Å². The summed E-state index contributed by atoms with van der Waals surface area (Å²) in [6, 6.07) is 21.2. The Morgan fingerprint density at radius 3 is 2.00 bits per heavy atom. The summed E-state index contributed by atoms with van der Waals surface area (Å²) in [6.45, 7) is 6.94. The molecule has 7 nitrogen and oxygen atoms in total. The van der Waals surface area contributed by atoms with Crippen molar-refractivity contribution in [3.63, 3.8) is 0 Å². The van der Waals surface area contributed by atoms with Gasteiger partial charge in [-0.25, -0.2) is 0 Å². The molecule has 1 saturated heterocycles. The smallest absolute Gasteiger partial charge is 0.255 e. The van der Waals surface area contributed by atoms with Crippen LogP contribution in [0.2, 0.25) is 0 Å². The fourth-order valence-corrected chi connectivity index (χ4v) is 3.96. The largest absolute Gasteiger partial charge is 0.368 e. The van der Waals surface area contributed by atoms with Gasteiger partial charge in [-0.3, -0.25) is 14.4 Å². The Labute approximate surface area is 211 Å². The van der Waals surface area contributed by atoms with Crippen molar-refractivity contribution < 1.29 is 19.1 Å². The third kappa shape index (κ3) is 6.17. The molecule has 0 saturated carbocycles. The Bertz CT molecular complexity index is 1260. The van der Waals surface area contributed by atoms with Crippen LogP contribution < -0.4 is 16.0 Å². The standard InChI is InChI=1S/C29H31N3O4/c1-29(2,3)21-15-13-19(14-16-21)26(33)31-23-10-4-5-11-24(23)32-27(34)20-8-6-9-22(18-20)30-28(35)25-12-7-17-36-25/h4-6,8-11,13-16,18,25H,7,12,17H2,1-3H3,(H,30,35)(H,31,33)(H,32,34). The van der Waals surface area contributed by atoms with E-state index in [0.29, 0.717) is 41.2 Å². The fourth-order valence-electron chi connectivity index (χ4n) is 3.96. The van der Waals surface area contributed by atoms with Crippen LogP contribution in [0.1, 0.15) is 59.9 Å². The lowest BCUT2D eigenvalue weighted by molar-refractivity contribution is -0.124. The molecule has 0 spiro atoms. The lowest BCUT2D eigenvalue weighted by Gasteiger charge is -2.19. The molecule has 1 unspecified atom stereocenters. The maximum atomic E-state index is 13.0. The summed E-state index contributed by atoms with van der Waals surface area (Å²) >= 11 is 0. The van der Waals surface area contributed by atoms with Gasteiger partial charge in [0.05, 0.1) is 11.4 Å². The highest BCUT2D eigenvalue weighted by atomic mass is 16.5. The molecule has 36 heavy (non-hydrogen) atoms. The zero-order valence-electron chi connectivity index (χ0n) is 20.8. The maximum absolute atomic E-state index is 13.0. The Kier molecular flexibility index (Phi) is 7.50. The van der Waals surface area contributed by atoms with Crippen molar-refractivity contribution in [1.82, 2.24) is 0 Å². The van der Waals surface area contributed by atoms with Crippen molar-refractivity contribution in [2.45, 2.75) is 45.1 Å². The van der Waals surface area contributed by atoms with Crippen LogP contribution in [-0.4, -0.2) is 30.4 Å². The number of para-hydroxylation sites is 2. The van der Waals surface area contributed by atoms with Crippen LogP contribution in [0.3, 0.4) is 0 Å². The zero-order chi connectivity index (χ0) is 25.7. The van der Waals surface area contributed by atoms with Gasteiger partial charge < -0.3 is 20.7 Å². The molecule has 0 bridgehead atoms. The van der Waals surface area contributed by atoms with E-state index in [2.05, 4.69) is 36.7 Å². The van der Waals surface area contributed by atoms with Gasteiger partial charge in [-0.05, 0) is 66.3 Å². The van der Waals surface area contributed by atoms with E-state index in [1.807, 2.05) is 12.1 Å². The van der Waals surface area contributed by atoms with E-state index in [1.54, 1.807) is 60.7 Å². The predicted molar refractivity (Wildman–Crippen MR) is 142 cm³/mol. The molecule has 1 aliphatic rings. The molecule has 4 rings (SSSR count). The SMILES string of the molecule is CC(C)(C)c1ccc(C(=O)Nc2ccccc2NC(=O)c2cccc(NC(=O)C3CCCO3)c2)cc1. The molecule has 3 aromatic rings. The summed E-state index contributed by atoms with van der Waals surface area (Å²) in [5.41, 5.74) is 3.51. The molecule has 0 radical (unpaired) electrons. The molecule has 7 heteroatoms. The van der Waals surface area contributed by atoms with E-state index < -0.39 is 6.10 Å². The minimum absolute atomic E-state index is 0.00369. The number of carbonyl (C=O) groups is 3. The minimum Gasteiger partial charge on any atom is -0.368 e. The molecule has 3 aromatic carbocycles. The van der Waals surface area contributed by atoms with Gasteiger partial charge in [-0.2, -0.15) is 0 Å².